The third-order valence-corrected chi connectivity index (χ3v) is 11.7. The van der Waals surface area contributed by atoms with Crippen LogP contribution in [-0.4, -0.2) is 68.9 Å². The van der Waals surface area contributed by atoms with Gasteiger partial charge in [0.15, 0.2) is 12.6 Å². The maximum absolute atomic E-state index is 13.0. The van der Waals surface area contributed by atoms with Gasteiger partial charge in [0.25, 0.3) is 0 Å². The molecule has 0 bridgehead atoms. The van der Waals surface area contributed by atoms with Crippen molar-refractivity contribution >= 4 is 5.97 Å². The number of hydrogen-bond donors (Lipinski definition) is 1. The van der Waals surface area contributed by atoms with Crippen molar-refractivity contribution in [2.75, 3.05) is 39.6 Å². The largest absolute Gasteiger partial charge is 0.507 e. The highest BCUT2D eigenvalue weighted by molar-refractivity contribution is 5.69. The molecular formula is C50H74N2O8. The van der Waals surface area contributed by atoms with E-state index in [9.17, 15) is 20.4 Å². The molecule has 0 amide bonds. The van der Waals surface area contributed by atoms with Gasteiger partial charge in [-0.3, -0.25) is 4.79 Å². The summed E-state index contributed by atoms with van der Waals surface area (Å²) in [4.78, 5) is 13.0. The molecule has 0 aromatic heterocycles. The fraction of sp³-hybridized carbons (Fsp3) is 0.700. The number of carbonyl (C=O) groups is 1. The Morgan fingerprint density at radius 3 is 1.45 bits per heavy atom. The predicted octanol–water partition coefficient (Wildman–Crippen LogP) is 9.89. The minimum absolute atomic E-state index is 0.000977. The molecule has 4 rings (SSSR count). The van der Waals surface area contributed by atoms with Gasteiger partial charge in [0.2, 0.25) is 5.60 Å². The van der Waals surface area contributed by atoms with Gasteiger partial charge in [-0.1, -0.05) is 141 Å². The number of phenols is 1. The second-order valence-electron chi connectivity index (χ2n) is 23.0. The lowest BCUT2D eigenvalue weighted by atomic mass is 9.77. The summed E-state index contributed by atoms with van der Waals surface area (Å²) in [6.45, 7) is 34.6. The van der Waals surface area contributed by atoms with Crippen molar-refractivity contribution in [3.05, 3.63) is 63.7 Å². The first-order valence-corrected chi connectivity index (χ1v) is 21.5. The number of ether oxygens (including phenoxy) is 6. The molecule has 2 fully saturated rings. The number of hydrogen-bond acceptors (Lipinski definition) is 10. The number of benzene rings is 2. The van der Waals surface area contributed by atoms with Gasteiger partial charge in [0, 0.05) is 23.7 Å². The summed E-state index contributed by atoms with van der Waals surface area (Å²) >= 11 is 0. The molecule has 60 heavy (non-hydrogen) atoms. The molecule has 1 N–H and O–H groups in total. The Bertz CT molecular complexity index is 1820. The van der Waals surface area contributed by atoms with Crippen molar-refractivity contribution < 1.29 is 38.3 Å². The van der Waals surface area contributed by atoms with Crippen molar-refractivity contribution in [3.8, 4) is 17.9 Å². The molecule has 2 aromatic rings. The fourth-order valence-electron chi connectivity index (χ4n) is 7.44. The van der Waals surface area contributed by atoms with Crippen LogP contribution < -0.4 is 0 Å². The highest BCUT2D eigenvalue weighted by Gasteiger charge is 2.49. The van der Waals surface area contributed by atoms with E-state index in [1.807, 2.05) is 81.4 Å². The average Bonchev–Trinajstić information content (AvgIpc) is 3.14. The molecule has 2 heterocycles. The Labute approximate surface area is 361 Å². The van der Waals surface area contributed by atoms with E-state index in [0.29, 0.717) is 32.8 Å². The highest BCUT2D eigenvalue weighted by Crippen LogP contribution is 2.42. The number of nitrogens with zero attached hydrogens (tertiary/aromatic N) is 2. The maximum Gasteiger partial charge on any atom is 0.306 e. The molecule has 0 atom stereocenters. The molecule has 10 heteroatoms. The lowest BCUT2D eigenvalue weighted by Gasteiger charge is -2.48. The van der Waals surface area contributed by atoms with Crippen LogP contribution in [0.25, 0.3) is 0 Å². The molecule has 10 nitrogen and oxygen atoms in total. The van der Waals surface area contributed by atoms with Crippen molar-refractivity contribution in [1.29, 1.82) is 10.5 Å². The molecule has 0 aliphatic carbocycles. The molecular weight excluding hydrogens is 757 g/mol. The van der Waals surface area contributed by atoms with Gasteiger partial charge < -0.3 is 33.5 Å². The second-order valence-corrected chi connectivity index (χ2v) is 23.0. The zero-order valence-corrected chi connectivity index (χ0v) is 39.6. The predicted molar refractivity (Wildman–Crippen MR) is 234 cm³/mol. The zero-order valence-electron chi connectivity index (χ0n) is 39.6. The standard InChI is InChI=1S/C50H74N2O8/c1-43(2,3)35-19-33(20-36(23-35)44(4,5)6)17-18-39(53)55-27-47(13,14)41-56-29-49(30-57-41)31-58-42(59-32-49)48(15,16)28-60-50(25-51,26-52)24-34-21-37(45(7,8)9)40(54)38(22-34)46(10,11)12/h19-23,41-42,54H,17-18,24,27-32H2,1-16H3. The summed E-state index contributed by atoms with van der Waals surface area (Å²) in [7, 11) is 0. The Morgan fingerprint density at radius 1 is 0.650 bits per heavy atom. The summed E-state index contributed by atoms with van der Waals surface area (Å²) in [5, 5.41) is 31.9. The van der Waals surface area contributed by atoms with Crippen LogP contribution in [-0.2, 0) is 67.7 Å². The van der Waals surface area contributed by atoms with Crippen molar-refractivity contribution in [3.63, 3.8) is 0 Å². The van der Waals surface area contributed by atoms with Crippen LogP contribution in [0, 0.1) is 38.9 Å². The number of rotatable bonds is 12. The van der Waals surface area contributed by atoms with E-state index >= 15 is 0 Å². The first-order valence-electron chi connectivity index (χ1n) is 21.5. The fourth-order valence-corrected chi connectivity index (χ4v) is 7.44. The summed E-state index contributed by atoms with van der Waals surface area (Å²) in [5.74, 6) is -0.0233. The van der Waals surface area contributed by atoms with Crippen molar-refractivity contribution in [2.24, 2.45) is 16.2 Å². The van der Waals surface area contributed by atoms with Gasteiger partial charge >= 0.3 is 5.97 Å². The third-order valence-electron chi connectivity index (χ3n) is 11.7. The van der Waals surface area contributed by atoms with Crippen LogP contribution in [0.4, 0.5) is 0 Å². The molecule has 0 saturated carbocycles. The third kappa shape index (κ3) is 12.1. The van der Waals surface area contributed by atoms with E-state index in [0.717, 1.165) is 22.3 Å². The molecule has 2 aliphatic heterocycles. The van der Waals surface area contributed by atoms with Crippen LogP contribution in [0.2, 0.25) is 0 Å². The van der Waals surface area contributed by atoms with Gasteiger partial charge in [-0.15, -0.1) is 0 Å². The number of nitriles is 2. The number of aryl methyl sites for hydroxylation is 1. The Balaban J connectivity index is 1.30. The second kappa shape index (κ2) is 17.7. The highest BCUT2D eigenvalue weighted by atomic mass is 16.7. The van der Waals surface area contributed by atoms with Crippen LogP contribution >= 0.6 is 0 Å². The molecule has 0 unspecified atom stereocenters. The summed E-state index contributed by atoms with van der Waals surface area (Å²) < 4.78 is 37.1. The quantitative estimate of drug-likeness (QED) is 0.206. The van der Waals surface area contributed by atoms with Crippen LogP contribution in [0.5, 0.6) is 5.75 Å². The number of phenolic OH excluding ortho intramolecular Hbond substituents is 1. The lowest BCUT2D eigenvalue weighted by Crippen LogP contribution is -2.57. The van der Waals surface area contributed by atoms with Gasteiger partial charge in [-0.05, 0) is 61.5 Å². The average molecular weight is 831 g/mol. The monoisotopic (exact) mass is 831 g/mol. The Hall–Kier alpha value is -3.51. The normalized spacial score (nSPS) is 21.0. The van der Waals surface area contributed by atoms with Gasteiger partial charge in [0.05, 0.1) is 38.4 Å². The summed E-state index contributed by atoms with van der Waals surface area (Å²) in [6, 6.07) is 14.7. The van der Waals surface area contributed by atoms with E-state index in [4.69, 9.17) is 28.4 Å². The first-order chi connectivity index (χ1) is 27.4. The van der Waals surface area contributed by atoms with Crippen LogP contribution in [0.15, 0.2) is 30.3 Å². The van der Waals surface area contributed by atoms with Gasteiger partial charge in [0.1, 0.15) is 24.5 Å². The van der Waals surface area contributed by atoms with E-state index < -0.39 is 34.4 Å². The zero-order chi connectivity index (χ0) is 45.3. The molecule has 2 saturated heterocycles. The van der Waals surface area contributed by atoms with E-state index in [1.54, 1.807) is 0 Å². The van der Waals surface area contributed by atoms with Crippen LogP contribution in [0.1, 0.15) is 151 Å². The molecule has 0 radical (unpaired) electrons. The van der Waals surface area contributed by atoms with E-state index in [2.05, 4.69) is 71.9 Å². The van der Waals surface area contributed by atoms with E-state index in [-0.39, 0.29) is 59.4 Å². The molecule has 2 aliphatic rings. The van der Waals surface area contributed by atoms with Crippen molar-refractivity contribution in [1.82, 2.24) is 0 Å². The maximum atomic E-state index is 13.0. The van der Waals surface area contributed by atoms with Crippen LogP contribution in [0.3, 0.4) is 0 Å². The van der Waals surface area contributed by atoms with Crippen molar-refractivity contribution in [2.45, 2.75) is 170 Å². The minimum Gasteiger partial charge on any atom is -0.507 e. The summed E-state index contributed by atoms with van der Waals surface area (Å²) in [5.41, 5.74) is 1.54. The Kier molecular flexibility index (Phi) is 14.5. The van der Waals surface area contributed by atoms with Gasteiger partial charge in [-0.25, -0.2) is 0 Å². The SMILES string of the molecule is CC(C)(C)c1cc(CCC(=O)OCC(C)(C)C2OCC3(CO2)COC(C(C)(C)COC(C#N)(C#N)Cc2cc(C(C)(C)C)c(O)c(C(C)(C)C)c2)OC3)cc(C(C)(C)C)c1. The number of aromatic hydroxyl groups is 1. The minimum atomic E-state index is -1.77. The first kappa shape index (κ1) is 49.1. The molecule has 332 valence electrons. The van der Waals surface area contributed by atoms with Gasteiger partial charge in [-0.2, -0.15) is 10.5 Å². The molecule has 1 spiro atoms. The Morgan fingerprint density at radius 2 is 1.07 bits per heavy atom. The molecule has 2 aromatic carbocycles. The summed E-state index contributed by atoms with van der Waals surface area (Å²) in [6.07, 6.45) is -0.356. The number of esters is 1. The lowest BCUT2D eigenvalue weighted by molar-refractivity contribution is -0.338. The van der Waals surface area contributed by atoms with E-state index in [1.165, 1.54) is 11.1 Å². The number of carbonyl (C=O) groups excluding carboxylic acids is 1. The topological polar surface area (TPSA) is 140 Å². The smallest absolute Gasteiger partial charge is 0.306 e.